The Bertz CT molecular complexity index is 1050. The van der Waals surface area contributed by atoms with E-state index < -0.39 is 6.10 Å². The SMILES string of the molecule is CCC(CC)NC(=O)C1CN(CC(=O)c2c[nH]c3ccccc23)c2ccccc2O1. The van der Waals surface area contributed by atoms with Crippen LogP contribution in [0, 0.1) is 0 Å². The van der Waals surface area contributed by atoms with Crippen LogP contribution in [0.5, 0.6) is 5.75 Å². The van der Waals surface area contributed by atoms with Crippen molar-refractivity contribution in [1.29, 1.82) is 0 Å². The van der Waals surface area contributed by atoms with Crippen LogP contribution in [0.3, 0.4) is 0 Å². The third-order valence-electron chi connectivity index (χ3n) is 5.71. The summed E-state index contributed by atoms with van der Waals surface area (Å²) in [6.45, 7) is 4.61. The molecule has 1 aromatic heterocycles. The summed E-state index contributed by atoms with van der Waals surface area (Å²) >= 11 is 0. The Morgan fingerprint density at radius 2 is 1.87 bits per heavy atom. The number of ketones is 1. The number of fused-ring (bicyclic) bond motifs is 2. The number of rotatable bonds is 7. The van der Waals surface area contributed by atoms with Crippen molar-refractivity contribution in [3.8, 4) is 5.75 Å². The van der Waals surface area contributed by atoms with Crippen molar-refractivity contribution in [2.75, 3.05) is 18.0 Å². The molecule has 3 aromatic rings. The van der Waals surface area contributed by atoms with Gasteiger partial charge in [-0.2, -0.15) is 0 Å². The zero-order valence-electron chi connectivity index (χ0n) is 17.4. The predicted octanol–water partition coefficient (Wildman–Crippen LogP) is 3.92. The largest absolute Gasteiger partial charge is 0.477 e. The molecule has 0 aliphatic carbocycles. The van der Waals surface area contributed by atoms with Crippen molar-refractivity contribution in [3.63, 3.8) is 0 Å². The van der Waals surface area contributed by atoms with Crippen molar-refractivity contribution >= 4 is 28.3 Å². The Hall–Kier alpha value is -3.28. The van der Waals surface area contributed by atoms with Crippen LogP contribution >= 0.6 is 0 Å². The topological polar surface area (TPSA) is 74.4 Å². The number of benzene rings is 2. The molecule has 0 radical (unpaired) electrons. The van der Waals surface area contributed by atoms with Gasteiger partial charge in [-0.15, -0.1) is 0 Å². The lowest BCUT2D eigenvalue weighted by atomic mass is 10.1. The van der Waals surface area contributed by atoms with Crippen LogP contribution in [0.15, 0.2) is 54.7 Å². The number of para-hydroxylation sites is 3. The molecule has 0 fully saturated rings. The summed E-state index contributed by atoms with van der Waals surface area (Å²) in [5.74, 6) is 0.492. The second-order valence-electron chi connectivity index (χ2n) is 7.65. The van der Waals surface area contributed by atoms with Crippen LogP contribution in [-0.2, 0) is 4.79 Å². The van der Waals surface area contributed by atoms with Crippen molar-refractivity contribution in [1.82, 2.24) is 10.3 Å². The number of hydrogen-bond donors (Lipinski definition) is 2. The van der Waals surface area contributed by atoms with Gasteiger partial charge in [-0.1, -0.05) is 44.2 Å². The molecule has 0 spiro atoms. The molecule has 1 aliphatic rings. The number of aromatic nitrogens is 1. The molecule has 156 valence electrons. The number of Topliss-reactive ketones (excluding diaryl/α,β-unsaturated/α-hetero) is 1. The second kappa shape index (κ2) is 8.61. The average molecular weight is 405 g/mol. The molecule has 0 bridgehead atoms. The van der Waals surface area contributed by atoms with Crippen molar-refractivity contribution in [2.45, 2.75) is 38.8 Å². The van der Waals surface area contributed by atoms with Gasteiger partial charge in [0.1, 0.15) is 5.75 Å². The highest BCUT2D eigenvalue weighted by Gasteiger charge is 2.32. The van der Waals surface area contributed by atoms with Gasteiger partial charge in [0.15, 0.2) is 11.9 Å². The summed E-state index contributed by atoms with van der Waals surface area (Å²) < 4.78 is 5.99. The minimum atomic E-state index is -0.656. The van der Waals surface area contributed by atoms with Crippen molar-refractivity contribution in [3.05, 3.63) is 60.3 Å². The van der Waals surface area contributed by atoms with E-state index in [2.05, 4.69) is 24.1 Å². The van der Waals surface area contributed by atoms with Crippen LogP contribution in [0.1, 0.15) is 37.0 Å². The molecule has 1 amide bonds. The summed E-state index contributed by atoms with van der Waals surface area (Å²) in [4.78, 5) is 31.1. The van der Waals surface area contributed by atoms with E-state index in [9.17, 15) is 9.59 Å². The number of nitrogens with zero attached hydrogens (tertiary/aromatic N) is 1. The lowest BCUT2D eigenvalue weighted by Crippen LogP contribution is -2.52. The van der Waals surface area contributed by atoms with Crippen LogP contribution < -0.4 is 15.0 Å². The van der Waals surface area contributed by atoms with Gasteiger partial charge in [-0.3, -0.25) is 9.59 Å². The monoisotopic (exact) mass is 405 g/mol. The van der Waals surface area contributed by atoms with E-state index in [-0.39, 0.29) is 24.3 Å². The van der Waals surface area contributed by atoms with Crippen LogP contribution in [0.4, 0.5) is 5.69 Å². The van der Waals surface area contributed by atoms with Gasteiger partial charge in [-0.05, 0) is 31.0 Å². The molecule has 2 heterocycles. The van der Waals surface area contributed by atoms with Gasteiger partial charge in [0.2, 0.25) is 0 Å². The summed E-state index contributed by atoms with van der Waals surface area (Å²) in [5.41, 5.74) is 2.43. The normalized spacial score (nSPS) is 15.7. The van der Waals surface area contributed by atoms with E-state index in [0.717, 1.165) is 29.4 Å². The van der Waals surface area contributed by atoms with Gasteiger partial charge >= 0.3 is 0 Å². The molecule has 2 N–H and O–H groups in total. The average Bonchev–Trinajstić information content (AvgIpc) is 3.21. The van der Waals surface area contributed by atoms with Crippen LogP contribution in [-0.4, -0.2) is 41.9 Å². The Labute approximate surface area is 176 Å². The number of H-pyrrole nitrogens is 1. The number of anilines is 1. The minimum absolute atomic E-state index is 0.00306. The predicted molar refractivity (Wildman–Crippen MR) is 118 cm³/mol. The Morgan fingerprint density at radius 3 is 2.67 bits per heavy atom. The summed E-state index contributed by atoms with van der Waals surface area (Å²) in [7, 11) is 0. The van der Waals surface area contributed by atoms with Gasteiger partial charge in [-0.25, -0.2) is 0 Å². The fourth-order valence-corrected chi connectivity index (χ4v) is 3.94. The van der Waals surface area contributed by atoms with Gasteiger partial charge < -0.3 is 19.9 Å². The molecule has 0 saturated carbocycles. The first kappa shape index (κ1) is 20.0. The molecule has 6 heteroatoms. The maximum Gasteiger partial charge on any atom is 0.263 e. The smallest absolute Gasteiger partial charge is 0.263 e. The second-order valence-corrected chi connectivity index (χ2v) is 7.65. The van der Waals surface area contributed by atoms with E-state index in [1.807, 2.05) is 53.4 Å². The summed E-state index contributed by atoms with van der Waals surface area (Å²) in [6, 6.07) is 15.4. The molecule has 1 unspecified atom stereocenters. The third-order valence-corrected chi connectivity index (χ3v) is 5.71. The maximum absolute atomic E-state index is 13.1. The number of nitrogens with one attached hydrogen (secondary N) is 2. The molecule has 2 aromatic carbocycles. The number of amides is 1. The molecule has 0 saturated heterocycles. The highest BCUT2D eigenvalue weighted by atomic mass is 16.5. The number of carbonyl (C=O) groups is 2. The third kappa shape index (κ3) is 3.90. The lowest BCUT2D eigenvalue weighted by Gasteiger charge is -2.35. The Kier molecular flexibility index (Phi) is 5.74. The highest BCUT2D eigenvalue weighted by molar-refractivity contribution is 6.09. The molecular weight excluding hydrogens is 378 g/mol. The van der Waals surface area contributed by atoms with Crippen molar-refractivity contribution in [2.24, 2.45) is 0 Å². The van der Waals surface area contributed by atoms with E-state index >= 15 is 0 Å². The zero-order chi connectivity index (χ0) is 21.1. The Morgan fingerprint density at radius 1 is 1.13 bits per heavy atom. The molecule has 1 atom stereocenters. The van der Waals surface area contributed by atoms with E-state index in [4.69, 9.17) is 4.74 Å². The highest BCUT2D eigenvalue weighted by Crippen LogP contribution is 2.33. The van der Waals surface area contributed by atoms with E-state index in [1.165, 1.54) is 0 Å². The lowest BCUT2D eigenvalue weighted by molar-refractivity contribution is -0.128. The number of hydrogen-bond acceptors (Lipinski definition) is 4. The zero-order valence-corrected chi connectivity index (χ0v) is 17.4. The van der Waals surface area contributed by atoms with Crippen molar-refractivity contribution < 1.29 is 14.3 Å². The van der Waals surface area contributed by atoms with Gasteiger partial charge in [0.25, 0.3) is 5.91 Å². The summed E-state index contributed by atoms with van der Waals surface area (Å²) in [6.07, 6.45) is 2.84. The van der Waals surface area contributed by atoms with E-state index in [1.54, 1.807) is 6.20 Å². The number of carbonyl (C=O) groups excluding carboxylic acids is 2. The number of ether oxygens (including phenoxy) is 1. The minimum Gasteiger partial charge on any atom is -0.477 e. The quantitative estimate of drug-likeness (QED) is 0.584. The maximum atomic E-state index is 13.1. The van der Waals surface area contributed by atoms with E-state index in [0.29, 0.717) is 17.9 Å². The first-order valence-corrected chi connectivity index (χ1v) is 10.5. The fraction of sp³-hybridized carbons (Fsp3) is 0.333. The van der Waals surface area contributed by atoms with Gasteiger partial charge in [0, 0.05) is 28.7 Å². The first-order valence-electron chi connectivity index (χ1n) is 10.5. The van der Waals surface area contributed by atoms with Gasteiger partial charge in [0.05, 0.1) is 18.8 Å². The molecule has 1 aliphatic heterocycles. The molecule has 30 heavy (non-hydrogen) atoms. The first-order chi connectivity index (χ1) is 14.6. The fourth-order valence-electron chi connectivity index (χ4n) is 3.94. The number of aromatic amines is 1. The standard InChI is InChI=1S/C24H27N3O3/c1-3-16(4-2)26-24(29)23-15-27(20-11-7-8-12-22(20)30-23)14-21(28)18-13-25-19-10-6-5-9-17(18)19/h5-13,16,23,25H,3-4,14-15H2,1-2H3,(H,26,29). The van der Waals surface area contributed by atoms with Crippen LogP contribution in [0.2, 0.25) is 0 Å². The Balaban J connectivity index is 1.57. The van der Waals surface area contributed by atoms with Crippen LogP contribution in [0.25, 0.3) is 10.9 Å². The summed E-state index contributed by atoms with van der Waals surface area (Å²) in [5, 5.41) is 3.97. The molecule has 4 rings (SSSR count). The molecule has 6 nitrogen and oxygen atoms in total. The molecular formula is C24H27N3O3.